The highest BCUT2D eigenvalue weighted by atomic mass is 16.5. The highest BCUT2D eigenvalue weighted by Crippen LogP contribution is 2.24. The Morgan fingerprint density at radius 1 is 0.750 bits per heavy atom. The van der Waals surface area contributed by atoms with Crippen LogP contribution in [0.3, 0.4) is 0 Å². The molecule has 0 aliphatic heterocycles. The second-order valence-electron chi connectivity index (χ2n) is 7.25. The van der Waals surface area contributed by atoms with E-state index < -0.39 is 0 Å². The van der Waals surface area contributed by atoms with Gasteiger partial charge in [0.2, 0.25) is 0 Å². The number of hydrogen-bond donors (Lipinski definition) is 2. The fourth-order valence-corrected chi connectivity index (χ4v) is 3.20. The molecule has 3 aromatic carbocycles. The van der Waals surface area contributed by atoms with Crippen molar-refractivity contribution in [1.82, 2.24) is 10.6 Å². The smallest absolute Gasteiger partial charge is 0.191 e. The summed E-state index contributed by atoms with van der Waals surface area (Å²) in [4.78, 5) is 4.30. The average molecular weight is 434 g/mol. The Hall–Kier alpha value is -3.51. The summed E-state index contributed by atoms with van der Waals surface area (Å²) < 4.78 is 16.5. The summed E-state index contributed by atoms with van der Waals surface area (Å²) in [6.07, 6.45) is 0. The van der Waals surface area contributed by atoms with Crippen LogP contribution in [0, 0.1) is 0 Å². The Labute approximate surface area is 190 Å². The summed E-state index contributed by atoms with van der Waals surface area (Å²) in [5.74, 6) is 2.26. The first-order valence-electron chi connectivity index (χ1n) is 10.6. The lowest BCUT2D eigenvalue weighted by Crippen LogP contribution is -2.36. The van der Waals surface area contributed by atoms with Gasteiger partial charge in [-0.2, -0.15) is 0 Å². The van der Waals surface area contributed by atoms with Crippen molar-refractivity contribution >= 4 is 5.96 Å². The zero-order valence-corrected chi connectivity index (χ0v) is 18.9. The van der Waals surface area contributed by atoms with E-state index in [2.05, 4.69) is 52.0 Å². The first-order chi connectivity index (χ1) is 15.7. The molecule has 0 saturated carbocycles. The molecule has 0 heterocycles. The van der Waals surface area contributed by atoms with Crippen LogP contribution in [0.15, 0.2) is 77.8 Å². The third-order valence-electron chi connectivity index (χ3n) is 5.03. The van der Waals surface area contributed by atoms with Gasteiger partial charge in [0, 0.05) is 31.8 Å². The summed E-state index contributed by atoms with van der Waals surface area (Å²) in [6, 6.07) is 24.4. The molecule has 6 nitrogen and oxygen atoms in total. The number of nitrogens with zero attached hydrogens (tertiary/aromatic N) is 1. The number of guanidine groups is 1. The third kappa shape index (κ3) is 7.03. The van der Waals surface area contributed by atoms with Crippen molar-refractivity contribution in [1.29, 1.82) is 0 Å². The molecule has 32 heavy (non-hydrogen) atoms. The van der Waals surface area contributed by atoms with E-state index in [9.17, 15) is 0 Å². The number of hydrogen-bond acceptors (Lipinski definition) is 4. The van der Waals surface area contributed by atoms with Crippen LogP contribution in [0.1, 0.15) is 22.3 Å². The number of rotatable bonds is 10. The van der Waals surface area contributed by atoms with Crippen LogP contribution in [0.2, 0.25) is 0 Å². The number of methoxy groups -OCH3 is 2. The monoisotopic (exact) mass is 433 g/mol. The van der Waals surface area contributed by atoms with Crippen molar-refractivity contribution in [3.05, 3.63) is 95.1 Å². The van der Waals surface area contributed by atoms with Gasteiger partial charge in [-0.3, -0.25) is 4.99 Å². The van der Waals surface area contributed by atoms with E-state index in [1.807, 2.05) is 36.4 Å². The van der Waals surface area contributed by atoms with Gasteiger partial charge < -0.3 is 24.8 Å². The number of nitrogens with one attached hydrogen (secondary N) is 2. The van der Waals surface area contributed by atoms with Gasteiger partial charge in [-0.05, 0) is 28.8 Å². The molecule has 0 spiro atoms. The van der Waals surface area contributed by atoms with Gasteiger partial charge in [0.1, 0.15) is 11.5 Å². The molecule has 0 aliphatic rings. The zero-order valence-electron chi connectivity index (χ0n) is 18.9. The molecular formula is C26H31N3O3. The average Bonchev–Trinajstić information content (AvgIpc) is 2.85. The topological polar surface area (TPSA) is 64.1 Å². The van der Waals surface area contributed by atoms with Crippen LogP contribution < -0.4 is 20.1 Å². The molecule has 0 aliphatic carbocycles. The van der Waals surface area contributed by atoms with E-state index in [4.69, 9.17) is 14.2 Å². The minimum absolute atomic E-state index is 0.588. The van der Waals surface area contributed by atoms with E-state index in [1.165, 1.54) is 11.1 Å². The lowest BCUT2D eigenvalue weighted by molar-refractivity contribution is 0.107. The second-order valence-corrected chi connectivity index (χ2v) is 7.25. The SMILES string of the molecule is CN=C(NCc1ccc(COCc2ccccc2)cc1)NCc1ccc(OC)cc1OC. The molecule has 168 valence electrons. The van der Waals surface area contributed by atoms with Crippen LogP contribution >= 0.6 is 0 Å². The van der Waals surface area contributed by atoms with Crippen molar-refractivity contribution in [2.45, 2.75) is 26.3 Å². The van der Waals surface area contributed by atoms with Crippen LogP contribution in [-0.4, -0.2) is 27.2 Å². The molecule has 0 aromatic heterocycles. The lowest BCUT2D eigenvalue weighted by Gasteiger charge is -2.14. The van der Waals surface area contributed by atoms with Crippen molar-refractivity contribution in [3.63, 3.8) is 0 Å². The first-order valence-corrected chi connectivity index (χ1v) is 10.6. The molecule has 2 N–H and O–H groups in total. The molecule has 0 fully saturated rings. The van der Waals surface area contributed by atoms with Gasteiger partial charge in [-0.1, -0.05) is 54.6 Å². The predicted octanol–water partition coefficient (Wildman–Crippen LogP) is 4.29. The van der Waals surface area contributed by atoms with Crippen molar-refractivity contribution in [2.24, 2.45) is 4.99 Å². The van der Waals surface area contributed by atoms with E-state index in [0.29, 0.717) is 26.3 Å². The molecule has 0 atom stereocenters. The van der Waals surface area contributed by atoms with Crippen LogP contribution in [-0.2, 0) is 31.0 Å². The van der Waals surface area contributed by atoms with E-state index in [1.54, 1.807) is 21.3 Å². The number of ether oxygens (including phenoxy) is 3. The summed E-state index contributed by atoms with van der Waals surface area (Å²) in [7, 11) is 5.05. The standard InChI is InChI=1S/C26H31N3O3/c1-27-26(29-17-23-13-14-24(30-2)15-25(23)31-3)28-16-20-9-11-22(12-10-20)19-32-18-21-7-5-4-6-8-21/h4-15H,16-19H2,1-3H3,(H2,27,28,29). The summed E-state index contributed by atoms with van der Waals surface area (Å²) >= 11 is 0. The molecular weight excluding hydrogens is 402 g/mol. The molecule has 0 radical (unpaired) electrons. The predicted molar refractivity (Wildman–Crippen MR) is 128 cm³/mol. The fraction of sp³-hybridized carbons (Fsp3) is 0.269. The summed E-state index contributed by atoms with van der Waals surface area (Å²) in [5.41, 5.74) is 4.52. The van der Waals surface area contributed by atoms with E-state index in [0.717, 1.165) is 28.6 Å². The largest absolute Gasteiger partial charge is 0.497 e. The van der Waals surface area contributed by atoms with E-state index in [-0.39, 0.29) is 0 Å². The Balaban J connectivity index is 1.44. The summed E-state index contributed by atoms with van der Waals surface area (Å²) in [5, 5.41) is 6.66. The maximum Gasteiger partial charge on any atom is 0.191 e. The van der Waals surface area contributed by atoms with Gasteiger partial charge >= 0.3 is 0 Å². The molecule has 0 saturated heterocycles. The minimum atomic E-state index is 0.588. The maximum atomic E-state index is 5.81. The molecule has 0 bridgehead atoms. The van der Waals surface area contributed by atoms with Crippen LogP contribution in [0.4, 0.5) is 0 Å². The second kappa shape index (κ2) is 12.4. The normalized spacial score (nSPS) is 11.2. The van der Waals surface area contributed by atoms with Crippen LogP contribution in [0.5, 0.6) is 11.5 Å². The van der Waals surface area contributed by atoms with Gasteiger partial charge in [0.25, 0.3) is 0 Å². The maximum absolute atomic E-state index is 5.81. The highest BCUT2D eigenvalue weighted by Gasteiger charge is 2.06. The van der Waals surface area contributed by atoms with Crippen LogP contribution in [0.25, 0.3) is 0 Å². The Morgan fingerprint density at radius 2 is 1.41 bits per heavy atom. The Morgan fingerprint density at radius 3 is 2.06 bits per heavy atom. The molecule has 0 unspecified atom stereocenters. The fourth-order valence-electron chi connectivity index (χ4n) is 3.20. The van der Waals surface area contributed by atoms with E-state index >= 15 is 0 Å². The third-order valence-corrected chi connectivity index (χ3v) is 5.03. The molecule has 3 rings (SSSR count). The minimum Gasteiger partial charge on any atom is -0.497 e. The first kappa shape index (κ1) is 23.2. The number of aliphatic imine (C=N–C) groups is 1. The van der Waals surface area contributed by atoms with Crippen molar-refractivity contribution < 1.29 is 14.2 Å². The Bertz CT molecular complexity index is 989. The zero-order chi connectivity index (χ0) is 22.6. The van der Waals surface area contributed by atoms with Gasteiger partial charge in [-0.25, -0.2) is 0 Å². The molecule has 3 aromatic rings. The number of benzene rings is 3. The van der Waals surface area contributed by atoms with Crippen molar-refractivity contribution in [3.8, 4) is 11.5 Å². The Kier molecular flexibility index (Phi) is 8.95. The summed E-state index contributed by atoms with van der Waals surface area (Å²) in [6.45, 7) is 2.47. The van der Waals surface area contributed by atoms with Gasteiger partial charge in [-0.15, -0.1) is 0 Å². The lowest BCUT2D eigenvalue weighted by atomic mass is 10.1. The van der Waals surface area contributed by atoms with Crippen molar-refractivity contribution in [2.75, 3.05) is 21.3 Å². The quantitative estimate of drug-likeness (QED) is 0.369. The molecule has 0 amide bonds. The van der Waals surface area contributed by atoms with Gasteiger partial charge in [0.05, 0.1) is 27.4 Å². The van der Waals surface area contributed by atoms with Gasteiger partial charge in [0.15, 0.2) is 5.96 Å². The highest BCUT2D eigenvalue weighted by molar-refractivity contribution is 5.79. The molecule has 6 heteroatoms.